The summed E-state index contributed by atoms with van der Waals surface area (Å²) in [6.45, 7) is 0. The zero-order valence-electron chi connectivity index (χ0n) is 27.0. The molecule has 0 spiro atoms. The second-order valence-corrected chi connectivity index (χ2v) is 13.0. The molecule has 4 nitrogen and oxygen atoms in total. The molecule has 232 valence electrons. The van der Waals surface area contributed by atoms with Crippen LogP contribution in [0.3, 0.4) is 0 Å². The summed E-state index contributed by atoms with van der Waals surface area (Å²) in [7, 11) is 0. The molecule has 0 aliphatic carbocycles. The lowest BCUT2D eigenvalue weighted by molar-refractivity contribution is 0.980. The van der Waals surface area contributed by atoms with Gasteiger partial charge in [-0.1, -0.05) is 127 Å². The zero-order chi connectivity index (χ0) is 32.8. The molecule has 0 saturated carbocycles. The smallest absolute Gasteiger partial charge is 0.221 e. The Morgan fingerprint density at radius 1 is 0.380 bits per heavy atom. The Bertz CT molecular complexity index is 3140. The van der Waals surface area contributed by atoms with Crippen LogP contribution in [-0.2, 0) is 0 Å². The van der Waals surface area contributed by atoms with Gasteiger partial charge in [0, 0.05) is 16.2 Å². The number of benzene rings is 8. The summed E-state index contributed by atoms with van der Waals surface area (Å²) < 4.78 is 4.56. The van der Waals surface area contributed by atoms with E-state index in [1.165, 1.54) is 54.6 Å². The number of hydrogen-bond acceptors (Lipinski definition) is 2. The van der Waals surface area contributed by atoms with Gasteiger partial charge in [-0.3, -0.25) is 8.97 Å². The Kier molecular flexibility index (Phi) is 5.63. The molecule has 0 bridgehead atoms. The van der Waals surface area contributed by atoms with Crippen molar-refractivity contribution in [2.75, 3.05) is 0 Å². The minimum atomic E-state index is 0.829. The van der Waals surface area contributed by atoms with Crippen LogP contribution in [0.4, 0.5) is 0 Å². The molecule has 0 amide bonds. The second-order valence-electron chi connectivity index (χ2n) is 13.0. The van der Waals surface area contributed by atoms with Crippen molar-refractivity contribution in [3.8, 4) is 28.2 Å². The molecule has 4 heteroatoms. The van der Waals surface area contributed by atoms with Gasteiger partial charge in [0.1, 0.15) is 5.65 Å². The van der Waals surface area contributed by atoms with E-state index in [4.69, 9.17) is 9.97 Å². The van der Waals surface area contributed by atoms with Crippen molar-refractivity contribution < 1.29 is 0 Å². The van der Waals surface area contributed by atoms with Crippen LogP contribution in [0.5, 0.6) is 0 Å². The molecule has 0 atom stereocenters. The van der Waals surface area contributed by atoms with Gasteiger partial charge in [-0.05, 0) is 86.3 Å². The lowest BCUT2D eigenvalue weighted by atomic mass is 9.95. The first-order valence-corrected chi connectivity index (χ1v) is 17.0. The topological polar surface area (TPSA) is 35.1 Å². The lowest BCUT2D eigenvalue weighted by Crippen LogP contribution is -2.06. The van der Waals surface area contributed by atoms with Crippen LogP contribution in [0.15, 0.2) is 170 Å². The third-order valence-corrected chi connectivity index (χ3v) is 10.3. The monoisotopic (exact) mass is 636 g/mol. The van der Waals surface area contributed by atoms with Gasteiger partial charge >= 0.3 is 0 Å². The average molecular weight is 637 g/mol. The minimum absolute atomic E-state index is 0.829. The number of imidazole rings is 1. The number of aromatic nitrogens is 4. The van der Waals surface area contributed by atoms with Gasteiger partial charge in [-0.25, -0.2) is 9.97 Å². The highest BCUT2D eigenvalue weighted by atomic mass is 15.2. The Balaban J connectivity index is 1.18. The molecule has 11 aromatic rings. The van der Waals surface area contributed by atoms with Crippen molar-refractivity contribution in [1.82, 2.24) is 18.9 Å². The molecule has 0 radical (unpaired) electrons. The normalized spacial score (nSPS) is 12.0. The molecule has 0 fully saturated rings. The molecule has 0 N–H and O–H groups in total. The van der Waals surface area contributed by atoms with Gasteiger partial charge in [-0.15, -0.1) is 0 Å². The standard InChI is InChI=1S/C46H28N4/c1-3-13-34-30(10-1)12-9-16-35(34)32-22-20-29(21-23-32)33-25-26-41-38(28-33)44-36-14-4-2-11-31(36)24-27-43(44)49(41)46-48-39-17-6-5-15-37(39)45-47-40-18-7-8-19-42(40)50(45)46/h1-28H. The summed E-state index contributed by atoms with van der Waals surface area (Å²) >= 11 is 0. The van der Waals surface area contributed by atoms with Crippen LogP contribution in [-0.4, -0.2) is 18.9 Å². The van der Waals surface area contributed by atoms with Crippen molar-refractivity contribution in [2.24, 2.45) is 0 Å². The summed E-state index contributed by atoms with van der Waals surface area (Å²) in [6, 6.07) is 60.8. The van der Waals surface area contributed by atoms with Crippen molar-refractivity contribution in [3.05, 3.63) is 170 Å². The largest absolute Gasteiger partial charge is 0.279 e. The van der Waals surface area contributed by atoms with Gasteiger partial charge in [0.25, 0.3) is 0 Å². The van der Waals surface area contributed by atoms with Crippen LogP contribution < -0.4 is 0 Å². The summed E-state index contributed by atoms with van der Waals surface area (Å²) in [5, 5.41) is 8.42. The molecule has 50 heavy (non-hydrogen) atoms. The SMILES string of the molecule is c1ccc2c(-c3ccc(-c4ccc5c(c4)c4c6ccccc6ccc4n5-c4nc5ccccc5c5nc6ccccc6n45)cc3)cccc2c1. The first-order chi connectivity index (χ1) is 24.8. The fourth-order valence-electron chi connectivity index (χ4n) is 7.98. The first kappa shape index (κ1) is 27.2. The fraction of sp³-hybridized carbons (Fsp3) is 0. The first-order valence-electron chi connectivity index (χ1n) is 17.0. The van der Waals surface area contributed by atoms with Crippen LogP contribution in [0.25, 0.3) is 99.1 Å². The van der Waals surface area contributed by atoms with Crippen molar-refractivity contribution in [1.29, 1.82) is 0 Å². The predicted octanol–water partition coefficient (Wildman–Crippen LogP) is 11.8. The molecule has 0 unspecified atom stereocenters. The molecule has 0 aliphatic heterocycles. The van der Waals surface area contributed by atoms with Crippen LogP contribution in [0, 0.1) is 0 Å². The molecular weight excluding hydrogens is 609 g/mol. The van der Waals surface area contributed by atoms with Crippen LogP contribution in [0.1, 0.15) is 0 Å². The number of fused-ring (bicyclic) bond motifs is 11. The van der Waals surface area contributed by atoms with E-state index in [0.29, 0.717) is 0 Å². The maximum absolute atomic E-state index is 5.38. The Hall–Kier alpha value is -6.78. The van der Waals surface area contributed by atoms with E-state index in [-0.39, 0.29) is 0 Å². The molecule has 8 aromatic carbocycles. The van der Waals surface area contributed by atoms with Crippen molar-refractivity contribution >= 4 is 70.9 Å². The quantitative estimate of drug-likeness (QED) is 0.193. The highest BCUT2D eigenvalue weighted by Crippen LogP contribution is 2.40. The van der Waals surface area contributed by atoms with E-state index in [0.717, 1.165) is 44.6 Å². The summed E-state index contributed by atoms with van der Waals surface area (Å²) in [5.74, 6) is 0.829. The average Bonchev–Trinajstić information content (AvgIpc) is 3.74. The van der Waals surface area contributed by atoms with E-state index in [2.05, 4.69) is 173 Å². The number of nitrogens with zero attached hydrogens (tertiary/aromatic N) is 4. The maximum atomic E-state index is 5.38. The summed E-state index contributed by atoms with van der Waals surface area (Å²) in [4.78, 5) is 10.5. The third-order valence-electron chi connectivity index (χ3n) is 10.3. The highest BCUT2D eigenvalue weighted by molar-refractivity contribution is 6.22. The van der Waals surface area contributed by atoms with E-state index in [9.17, 15) is 0 Å². The number of hydrogen-bond donors (Lipinski definition) is 0. The van der Waals surface area contributed by atoms with E-state index in [1.807, 2.05) is 6.07 Å². The lowest BCUT2D eigenvalue weighted by Gasteiger charge is -2.13. The molecule has 0 saturated heterocycles. The minimum Gasteiger partial charge on any atom is -0.279 e. The maximum Gasteiger partial charge on any atom is 0.221 e. The van der Waals surface area contributed by atoms with Gasteiger partial charge in [0.2, 0.25) is 5.95 Å². The predicted molar refractivity (Wildman–Crippen MR) is 208 cm³/mol. The highest BCUT2D eigenvalue weighted by Gasteiger charge is 2.21. The zero-order valence-corrected chi connectivity index (χ0v) is 27.0. The summed E-state index contributed by atoms with van der Waals surface area (Å²) in [6.07, 6.45) is 0. The van der Waals surface area contributed by atoms with Gasteiger partial charge in [0.15, 0.2) is 0 Å². The van der Waals surface area contributed by atoms with Crippen LogP contribution >= 0.6 is 0 Å². The van der Waals surface area contributed by atoms with Crippen LogP contribution in [0.2, 0.25) is 0 Å². The third kappa shape index (κ3) is 3.87. The Morgan fingerprint density at radius 2 is 1.02 bits per heavy atom. The number of para-hydroxylation sites is 3. The van der Waals surface area contributed by atoms with Gasteiger partial charge in [-0.2, -0.15) is 0 Å². The Morgan fingerprint density at radius 3 is 1.88 bits per heavy atom. The van der Waals surface area contributed by atoms with E-state index >= 15 is 0 Å². The molecule has 3 heterocycles. The van der Waals surface area contributed by atoms with E-state index in [1.54, 1.807) is 0 Å². The number of rotatable bonds is 3. The molecular formula is C46H28N4. The fourth-order valence-corrected chi connectivity index (χ4v) is 7.98. The van der Waals surface area contributed by atoms with Gasteiger partial charge < -0.3 is 0 Å². The van der Waals surface area contributed by atoms with Crippen molar-refractivity contribution in [2.45, 2.75) is 0 Å². The second kappa shape index (κ2) is 10.4. The molecule has 11 rings (SSSR count). The summed E-state index contributed by atoms with van der Waals surface area (Å²) in [5.41, 5.74) is 10.9. The molecule has 0 aliphatic rings. The van der Waals surface area contributed by atoms with Crippen molar-refractivity contribution in [3.63, 3.8) is 0 Å². The Labute approximate surface area is 287 Å². The molecule has 3 aromatic heterocycles. The van der Waals surface area contributed by atoms with E-state index < -0.39 is 0 Å². The van der Waals surface area contributed by atoms with Gasteiger partial charge in [0.05, 0.1) is 27.6 Å².